The van der Waals surface area contributed by atoms with Crippen molar-refractivity contribution < 1.29 is 22.1 Å². The van der Waals surface area contributed by atoms with Crippen molar-refractivity contribution >= 4 is 39.8 Å². The number of rotatable bonds is 4. The van der Waals surface area contributed by atoms with Crippen molar-refractivity contribution in [2.24, 2.45) is 4.40 Å². The first kappa shape index (κ1) is 21.8. The minimum atomic E-state index is -4.64. The van der Waals surface area contributed by atoms with Crippen LogP contribution in [0.5, 0.6) is 0 Å². The number of benzene rings is 1. The van der Waals surface area contributed by atoms with Crippen LogP contribution >= 0.6 is 11.8 Å². The average molecular weight is 419 g/mol. The summed E-state index contributed by atoms with van der Waals surface area (Å²) in [7, 11) is 0. The van der Waals surface area contributed by atoms with Crippen molar-refractivity contribution in [3.05, 3.63) is 39.5 Å². The Morgan fingerprint density at radius 2 is 1.89 bits per heavy atom. The number of thioether (sulfide) groups is 1. The van der Waals surface area contributed by atoms with Gasteiger partial charge in [-0.2, -0.15) is 13.2 Å². The smallest absolute Gasteiger partial charge is 0.416 e. The third-order valence-corrected chi connectivity index (χ3v) is 5.82. The van der Waals surface area contributed by atoms with Crippen molar-refractivity contribution in [2.75, 3.05) is 5.75 Å². The minimum Gasteiger partial charge on any atom is -0.591 e. The molecule has 0 N–H and O–H groups in total. The van der Waals surface area contributed by atoms with E-state index in [0.717, 1.165) is 12.1 Å². The number of nitrogens with zero attached hydrogens (tertiary/aromatic N) is 1. The molecule has 0 bridgehead atoms. The van der Waals surface area contributed by atoms with Crippen LogP contribution in [-0.4, -0.2) is 20.8 Å². The molecule has 0 aliphatic carbocycles. The molecule has 1 aromatic heterocycles. The number of fused-ring (bicyclic) bond motifs is 1. The molecular weight excluding hydrogens is 399 g/mol. The molecule has 2 aromatic rings. The molecule has 0 amide bonds. The zero-order chi connectivity index (χ0) is 20.6. The van der Waals surface area contributed by atoms with Gasteiger partial charge in [-0.1, -0.05) is 23.1 Å². The summed E-state index contributed by atoms with van der Waals surface area (Å²) in [6.45, 7) is 8.45. The molecule has 27 heavy (non-hydrogen) atoms. The van der Waals surface area contributed by atoms with E-state index >= 15 is 0 Å². The molecule has 9 heteroatoms. The summed E-state index contributed by atoms with van der Waals surface area (Å²) >= 11 is -0.407. The van der Waals surface area contributed by atoms with Crippen molar-refractivity contribution in [3.8, 4) is 0 Å². The summed E-state index contributed by atoms with van der Waals surface area (Å²) in [5.74, 6) is 0.630. The van der Waals surface area contributed by atoms with E-state index in [4.69, 9.17) is 4.42 Å². The van der Waals surface area contributed by atoms with Gasteiger partial charge < -0.3 is 8.97 Å². The van der Waals surface area contributed by atoms with Gasteiger partial charge in [0.15, 0.2) is 10.5 Å². The molecule has 2 rings (SSSR count). The molecule has 1 unspecified atom stereocenters. The topological polar surface area (TPSA) is 65.6 Å². The van der Waals surface area contributed by atoms with Gasteiger partial charge in [0.2, 0.25) is 0 Å². The fraction of sp³-hybridized carbons (Fsp3) is 0.444. The molecule has 0 aliphatic rings. The summed E-state index contributed by atoms with van der Waals surface area (Å²) in [5, 5.41) is 0.122. The third kappa shape index (κ3) is 5.08. The Labute approximate surface area is 162 Å². The summed E-state index contributed by atoms with van der Waals surface area (Å²) in [6.07, 6.45) is -4.64. The lowest BCUT2D eigenvalue weighted by Crippen LogP contribution is -2.26. The van der Waals surface area contributed by atoms with Gasteiger partial charge in [0.1, 0.15) is 21.7 Å². The van der Waals surface area contributed by atoms with Crippen molar-refractivity contribution in [1.82, 2.24) is 0 Å². The second-order valence-electron chi connectivity index (χ2n) is 6.80. The molecule has 4 nitrogen and oxygen atoms in total. The van der Waals surface area contributed by atoms with Gasteiger partial charge in [-0.15, -0.1) is 0 Å². The maximum absolute atomic E-state index is 13.3. The molecule has 0 spiro atoms. The van der Waals surface area contributed by atoms with Gasteiger partial charge >= 0.3 is 6.18 Å². The zero-order valence-corrected chi connectivity index (χ0v) is 17.2. The van der Waals surface area contributed by atoms with Crippen LogP contribution in [0.3, 0.4) is 0 Å². The van der Waals surface area contributed by atoms with E-state index in [9.17, 15) is 22.5 Å². The predicted octanol–water partition coefficient (Wildman–Crippen LogP) is 5.20. The first-order chi connectivity index (χ1) is 12.3. The van der Waals surface area contributed by atoms with E-state index < -0.39 is 33.3 Å². The lowest BCUT2D eigenvalue weighted by atomic mass is 10.0. The van der Waals surface area contributed by atoms with Gasteiger partial charge in [-0.05, 0) is 45.6 Å². The largest absolute Gasteiger partial charge is 0.591 e. The Hall–Kier alpha value is -1.45. The van der Waals surface area contributed by atoms with Crippen LogP contribution < -0.4 is 5.43 Å². The fourth-order valence-corrected chi connectivity index (χ4v) is 3.43. The normalized spacial score (nSPS) is 14.6. The fourth-order valence-electron chi connectivity index (χ4n) is 2.19. The number of hydrogen-bond donors (Lipinski definition) is 0. The second kappa shape index (κ2) is 7.89. The molecule has 0 fully saturated rings. The Bertz CT molecular complexity index is 930. The lowest BCUT2D eigenvalue weighted by Gasteiger charge is -2.19. The van der Waals surface area contributed by atoms with E-state index in [-0.39, 0.29) is 22.2 Å². The van der Waals surface area contributed by atoms with Crippen LogP contribution in [0.1, 0.15) is 45.7 Å². The first-order valence-electron chi connectivity index (χ1n) is 8.14. The first-order valence-corrected chi connectivity index (χ1v) is 10.2. The van der Waals surface area contributed by atoms with Crippen molar-refractivity contribution in [3.63, 3.8) is 0 Å². The SMILES string of the molecule is CCSc1cc(=O)c2cc(C(F)(F)F)cc(/C(C)=N/[S+]([O-])C(C)(C)C)c2o1. The Kier molecular flexibility index (Phi) is 6.38. The van der Waals surface area contributed by atoms with Gasteiger partial charge in [0, 0.05) is 11.6 Å². The van der Waals surface area contributed by atoms with E-state index in [2.05, 4.69) is 4.40 Å². The van der Waals surface area contributed by atoms with E-state index in [1.165, 1.54) is 24.8 Å². The molecule has 0 saturated carbocycles. The summed E-state index contributed by atoms with van der Waals surface area (Å²) in [6, 6.07) is 2.84. The Morgan fingerprint density at radius 3 is 2.41 bits per heavy atom. The van der Waals surface area contributed by atoms with Crippen LogP contribution in [0.25, 0.3) is 11.0 Å². The molecule has 148 valence electrons. The number of alkyl halides is 3. The van der Waals surface area contributed by atoms with Crippen LogP contribution in [0.15, 0.2) is 36.9 Å². The zero-order valence-electron chi connectivity index (χ0n) is 15.6. The number of hydrogen-bond acceptors (Lipinski definition) is 5. The van der Waals surface area contributed by atoms with Gasteiger partial charge in [-0.25, -0.2) is 0 Å². The highest BCUT2D eigenvalue weighted by atomic mass is 32.2. The predicted molar refractivity (Wildman–Crippen MR) is 104 cm³/mol. The highest BCUT2D eigenvalue weighted by Crippen LogP contribution is 2.34. The van der Waals surface area contributed by atoms with Crippen LogP contribution in [0.2, 0.25) is 0 Å². The molecule has 0 aliphatic heterocycles. The lowest BCUT2D eigenvalue weighted by molar-refractivity contribution is -0.137. The Balaban J connectivity index is 2.81. The van der Waals surface area contributed by atoms with Crippen molar-refractivity contribution in [1.29, 1.82) is 0 Å². The summed E-state index contributed by atoms with van der Waals surface area (Å²) in [4.78, 5) is 12.4. The molecular formula is C18H20F3NO3S2. The monoisotopic (exact) mass is 419 g/mol. The quantitative estimate of drug-likeness (QED) is 0.388. The second-order valence-corrected chi connectivity index (χ2v) is 9.97. The van der Waals surface area contributed by atoms with Gasteiger partial charge in [0.25, 0.3) is 0 Å². The van der Waals surface area contributed by atoms with E-state index in [1.54, 1.807) is 20.8 Å². The highest BCUT2D eigenvalue weighted by Gasteiger charge is 2.33. The standard InChI is InChI=1S/C18H20F3NO3S2/c1-6-26-15-9-14(23)13-8-11(18(19,20)21)7-12(16(13)25-15)10(2)22-27(24)17(3,4)5/h7-9H,6H2,1-5H3/b22-10+. The summed E-state index contributed by atoms with van der Waals surface area (Å²) < 4.78 is 61.3. The summed E-state index contributed by atoms with van der Waals surface area (Å²) in [5.41, 5.74) is -1.42. The third-order valence-electron chi connectivity index (χ3n) is 3.55. The van der Waals surface area contributed by atoms with E-state index in [1.807, 2.05) is 6.92 Å². The average Bonchev–Trinajstić information content (AvgIpc) is 2.52. The maximum atomic E-state index is 13.3. The van der Waals surface area contributed by atoms with Crippen molar-refractivity contribution in [2.45, 2.75) is 50.6 Å². The molecule has 1 aromatic carbocycles. The van der Waals surface area contributed by atoms with Gasteiger partial charge in [0.05, 0.1) is 16.7 Å². The van der Waals surface area contributed by atoms with E-state index in [0.29, 0.717) is 10.8 Å². The highest BCUT2D eigenvalue weighted by molar-refractivity contribution is 7.99. The minimum absolute atomic E-state index is 0.00748. The number of halogens is 3. The maximum Gasteiger partial charge on any atom is 0.416 e. The molecule has 1 heterocycles. The molecule has 0 radical (unpaired) electrons. The molecule has 1 atom stereocenters. The van der Waals surface area contributed by atoms with Crippen LogP contribution in [-0.2, 0) is 17.5 Å². The van der Waals surface area contributed by atoms with Crippen LogP contribution in [0.4, 0.5) is 13.2 Å². The van der Waals surface area contributed by atoms with Gasteiger partial charge in [-0.3, -0.25) is 4.79 Å². The van der Waals surface area contributed by atoms with Crippen LogP contribution in [0, 0.1) is 0 Å². The Morgan fingerprint density at radius 1 is 1.26 bits per heavy atom. The molecule has 0 saturated heterocycles.